The number of carbonyl (C=O) groups is 1. The van der Waals surface area contributed by atoms with E-state index in [1.807, 2.05) is 11.9 Å². The lowest BCUT2D eigenvalue weighted by Gasteiger charge is -2.34. The molecule has 5 heteroatoms. The van der Waals surface area contributed by atoms with E-state index in [0.717, 1.165) is 39.0 Å². The number of amides is 1. The Morgan fingerprint density at radius 2 is 2.05 bits per heavy atom. The Morgan fingerprint density at radius 3 is 2.71 bits per heavy atom. The summed E-state index contributed by atoms with van der Waals surface area (Å²) < 4.78 is 5.34. The maximum Gasteiger partial charge on any atom is 0.239 e. The van der Waals surface area contributed by atoms with Crippen LogP contribution in [0, 0.1) is 5.92 Å². The zero-order valence-corrected chi connectivity index (χ0v) is 13.6. The Labute approximate surface area is 128 Å². The van der Waals surface area contributed by atoms with Crippen molar-refractivity contribution in [1.82, 2.24) is 9.80 Å². The lowest BCUT2D eigenvalue weighted by atomic mass is 9.91. The van der Waals surface area contributed by atoms with Crippen molar-refractivity contribution in [2.45, 2.75) is 50.6 Å². The van der Waals surface area contributed by atoms with Crippen molar-refractivity contribution in [1.29, 1.82) is 0 Å². The number of hydrogen-bond donors (Lipinski definition) is 1. The standard InChI is InChI=1S/C16H31N3O2/c1-18-9-4-3-5-14(18)6-10-19(2)16(20)15(17)13-7-11-21-12-8-13/h13-15H,3-12,17H2,1-2H3. The second-order valence-electron chi connectivity index (χ2n) is 6.65. The molecule has 0 bridgehead atoms. The average Bonchev–Trinajstić information content (AvgIpc) is 2.53. The van der Waals surface area contributed by atoms with Crippen molar-refractivity contribution in [2.75, 3.05) is 40.4 Å². The molecule has 2 fully saturated rings. The second-order valence-corrected chi connectivity index (χ2v) is 6.65. The zero-order chi connectivity index (χ0) is 15.2. The minimum Gasteiger partial charge on any atom is -0.381 e. The Balaban J connectivity index is 1.75. The molecule has 2 atom stereocenters. The first-order chi connectivity index (χ1) is 10.1. The minimum atomic E-state index is -0.358. The fourth-order valence-corrected chi connectivity index (χ4v) is 3.49. The summed E-state index contributed by atoms with van der Waals surface area (Å²) in [5, 5.41) is 0. The van der Waals surface area contributed by atoms with Crippen molar-refractivity contribution in [3.8, 4) is 0 Å². The van der Waals surface area contributed by atoms with Gasteiger partial charge in [-0.15, -0.1) is 0 Å². The molecule has 2 aliphatic rings. The molecule has 5 nitrogen and oxygen atoms in total. The van der Waals surface area contributed by atoms with E-state index in [1.165, 1.54) is 25.8 Å². The van der Waals surface area contributed by atoms with E-state index < -0.39 is 0 Å². The molecule has 0 spiro atoms. The fraction of sp³-hybridized carbons (Fsp3) is 0.938. The van der Waals surface area contributed by atoms with Crippen LogP contribution in [0.1, 0.15) is 38.5 Å². The normalized spacial score (nSPS) is 26.5. The highest BCUT2D eigenvalue weighted by molar-refractivity contribution is 5.81. The summed E-state index contributed by atoms with van der Waals surface area (Å²) in [5.41, 5.74) is 6.17. The monoisotopic (exact) mass is 297 g/mol. The molecule has 0 aliphatic carbocycles. The van der Waals surface area contributed by atoms with Gasteiger partial charge in [-0.3, -0.25) is 4.79 Å². The molecule has 2 heterocycles. The molecular formula is C16H31N3O2. The van der Waals surface area contributed by atoms with Crippen molar-refractivity contribution in [2.24, 2.45) is 11.7 Å². The number of ether oxygens (including phenoxy) is 1. The molecule has 2 unspecified atom stereocenters. The first kappa shape index (κ1) is 16.7. The van der Waals surface area contributed by atoms with Gasteiger partial charge < -0.3 is 20.3 Å². The molecule has 2 aliphatic heterocycles. The van der Waals surface area contributed by atoms with Gasteiger partial charge in [0.25, 0.3) is 0 Å². The summed E-state index contributed by atoms with van der Waals surface area (Å²) in [4.78, 5) is 16.7. The van der Waals surface area contributed by atoms with Crippen molar-refractivity contribution < 1.29 is 9.53 Å². The first-order valence-electron chi connectivity index (χ1n) is 8.38. The van der Waals surface area contributed by atoms with E-state index in [0.29, 0.717) is 6.04 Å². The molecule has 0 saturated carbocycles. The first-order valence-corrected chi connectivity index (χ1v) is 8.38. The van der Waals surface area contributed by atoms with E-state index in [-0.39, 0.29) is 17.9 Å². The van der Waals surface area contributed by atoms with Crippen molar-refractivity contribution in [3.63, 3.8) is 0 Å². The molecule has 2 N–H and O–H groups in total. The number of rotatable bonds is 5. The molecule has 2 saturated heterocycles. The Morgan fingerprint density at radius 1 is 1.33 bits per heavy atom. The predicted molar refractivity (Wildman–Crippen MR) is 84.0 cm³/mol. The van der Waals surface area contributed by atoms with Gasteiger partial charge in [0, 0.05) is 32.8 Å². The van der Waals surface area contributed by atoms with Crippen LogP contribution >= 0.6 is 0 Å². The largest absolute Gasteiger partial charge is 0.381 e. The topological polar surface area (TPSA) is 58.8 Å². The van der Waals surface area contributed by atoms with E-state index in [2.05, 4.69) is 11.9 Å². The van der Waals surface area contributed by atoms with Gasteiger partial charge in [-0.25, -0.2) is 0 Å². The lowest BCUT2D eigenvalue weighted by Crippen LogP contribution is -2.48. The molecule has 2 rings (SSSR count). The molecule has 0 aromatic heterocycles. The summed E-state index contributed by atoms with van der Waals surface area (Å²) in [6.45, 7) is 3.47. The Kier molecular flexibility index (Phi) is 6.45. The van der Waals surface area contributed by atoms with Crippen molar-refractivity contribution >= 4 is 5.91 Å². The van der Waals surface area contributed by atoms with Gasteiger partial charge in [0.1, 0.15) is 0 Å². The quantitative estimate of drug-likeness (QED) is 0.825. The highest BCUT2D eigenvalue weighted by Crippen LogP contribution is 2.20. The van der Waals surface area contributed by atoms with Gasteiger partial charge in [-0.05, 0) is 51.6 Å². The van der Waals surface area contributed by atoms with Crippen LogP contribution in [0.15, 0.2) is 0 Å². The number of nitrogens with two attached hydrogens (primary N) is 1. The smallest absolute Gasteiger partial charge is 0.239 e. The van der Waals surface area contributed by atoms with Crippen LogP contribution in [-0.4, -0.2) is 68.2 Å². The van der Waals surface area contributed by atoms with E-state index in [1.54, 1.807) is 0 Å². The van der Waals surface area contributed by atoms with Gasteiger partial charge in [-0.1, -0.05) is 6.42 Å². The number of carbonyl (C=O) groups excluding carboxylic acids is 1. The lowest BCUT2D eigenvalue weighted by molar-refractivity contribution is -0.133. The molecule has 122 valence electrons. The Bertz CT molecular complexity index is 331. The molecule has 1 amide bonds. The van der Waals surface area contributed by atoms with Crippen LogP contribution in [-0.2, 0) is 9.53 Å². The second kappa shape index (κ2) is 8.11. The number of likely N-dealkylation sites (N-methyl/N-ethyl adjacent to an activating group) is 1. The summed E-state index contributed by atoms with van der Waals surface area (Å²) >= 11 is 0. The third-order valence-corrected chi connectivity index (χ3v) is 5.15. The van der Waals surface area contributed by atoms with E-state index in [9.17, 15) is 4.79 Å². The average molecular weight is 297 g/mol. The molecule has 0 aromatic rings. The van der Waals surface area contributed by atoms with Crippen LogP contribution in [0.25, 0.3) is 0 Å². The predicted octanol–water partition coefficient (Wildman–Crippen LogP) is 1.07. The van der Waals surface area contributed by atoms with Crippen molar-refractivity contribution in [3.05, 3.63) is 0 Å². The number of hydrogen-bond acceptors (Lipinski definition) is 4. The van der Waals surface area contributed by atoms with Crippen LogP contribution in [0.3, 0.4) is 0 Å². The summed E-state index contributed by atoms with van der Waals surface area (Å²) in [7, 11) is 4.09. The van der Waals surface area contributed by atoms with Crippen LogP contribution in [0.2, 0.25) is 0 Å². The third kappa shape index (κ3) is 4.66. The number of nitrogens with zero attached hydrogens (tertiary/aromatic N) is 2. The maximum absolute atomic E-state index is 12.4. The molecule has 0 radical (unpaired) electrons. The third-order valence-electron chi connectivity index (χ3n) is 5.15. The van der Waals surface area contributed by atoms with E-state index in [4.69, 9.17) is 10.5 Å². The summed E-state index contributed by atoms with van der Waals surface area (Å²) in [6.07, 6.45) is 6.74. The molecular weight excluding hydrogens is 266 g/mol. The fourth-order valence-electron chi connectivity index (χ4n) is 3.49. The van der Waals surface area contributed by atoms with Crippen LogP contribution in [0.5, 0.6) is 0 Å². The van der Waals surface area contributed by atoms with Gasteiger partial charge >= 0.3 is 0 Å². The van der Waals surface area contributed by atoms with Gasteiger partial charge in [-0.2, -0.15) is 0 Å². The summed E-state index contributed by atoms with van der Waals surface area (Å²) in [6, 6.07) is 0.260. The van der Waals surface area contributed by atoms with E-state index >= 15 is 0 Å². The molecule has 21 heavy (non-hydrogen) atoms. The van der Waals surface area contributed by atoms with Gasteiger partial charge in [0.15, 0.2) is 0 Å². The summed E-state index contributed by atoms with van der Waals surface area (Å²) in [5.74, 6) is 0.381. The van der Waals surface area contributed by atoms with Crippen LogP contribution in [0.4, 0.5) is 0 Å². The maximum atomic E-state index is 12.4. The minimum absolute atomic E-state index is 0.0976. The van der Waals surface area contributed by atoms with Gasteiger partial charge in [0.2, 0.25) is 5.91 Å². The number of piperidine rings is 1. The Hall–Kier alpha value is -0.650. The highest BCUT2D eigenvalue weighted by atomic mass is 16.5. The zero-order valence-electron chi connectivity index (χ0n) is 13.6. The van der Waals surface area contributed by atoms with Crippen LogP contribution < -0.4 is 5.73 Å². The SMILES string of the molecule is CN(CCC1CCCCN1C)C(=O)C(N)C1CCOCC1. The highest BCUT2D eigenvalue weighted by Gasteiger charge is 2.29. The van der Waals surface area contributed by atoms with Gasteiger partial charge in [0.05, 0.1) is 6.04 Å². The number of likely N-dealkylation sites (tertiary alicyclic amines) is 1. The molecule has 0 aromatic carbocycles.